The van der Waals surface area contributed by atoms with Crippen molar-refractivity contribution in [2.75, 3.05) is 32.7 Å². The Morgan fingerprint density at radius 1 is 0.962 bits per heavy atom. The van der Waals surface area contributed by atoms with Crippen molar-refractivity contribution in [3.05, 3.63) is 65.9 Å². The van der Waals surface area contributed by atoms with E-state index in [-0.39, 0.29) is 30.7 Å². The third-order valence-electron chi connectivity index (χ3n) is 4.09. The lowest BCUT2D eigenvalue weighted by Crippen LogP contribution is -2.35. The maximum absolute atomic E-state index is 12.9. The summed E-state index contributed by atoms with van der Waals surface area (Å²) in [5, 5.41) is 3.10. The summed E-state index contributed by atoms with van der Waals surface area (Å²) in [6, 6.07) is 16.4. The number of benzene rings is 2. The third kappa shape index (κ3) is 3.45. The SMILES string of the molecule is COCCN1C(=O)C(Nc2cccc(OC)c2)=C(c2ccccc2)C1=O. The molecule has 0 aliphatic carbocycles. The van der Waals surface area contributed by atoms with Crippen LogP contribution in [-0.4, -0.2) is 44.1 Å². The van der Waals surface area contributed by atoms with Crippen molar-refractivity contribution in [2.24, 2.45) is 0 Å². The maximum atomic E-state index is 12.9. The zero-order chi connectivity index (χ0) is 18.5. The molecule has 0 saturated heterocycles. The Morgan fingerprint density at radius 3 is 2.42 bits per heavy atom. The normalized spacial score (nSPS) is 14.2. The molecule has 0 bridgehead atoms. The predicted molar refractivity (Wildman–Crippen MR) is 98.6 cm³/mol. The summed E-state index contributed by atoms with van der Waals surface area (Å²) in [5.74, 6) is -0.0396. The molecule has 1 aliphatic rings. The fourth-order valence-electron chi connectivity index (χ4n) is 2.80. The second kappa shape index (κ2) is 7.84. The Morgan fingerprint density at radius 2 is 1.73 bits per heavy atom. The van der Waals surface area contributed by atoms with Crippen LogP contribution in [0.5, 0.6) is 5.75 Å². The number of nitrogens with zero attached hydrogens (tertiary/aromatic N) is 1. The number of imide groups is 1. The van der Waals surface area contributed by atoms with Gasteiger partial charge in [0.1, 0.15) is 11.4 Å². The number of carbonyl (C=O) groups excluding carboxylic acids is 2. The minimum absolute atomic E-state index is 0.202. The molecule has 3 rings (SSSR count). The molecule has 6 heteroatoms. The molecule has 2 aromatic rings. The minimum atomic E-state index is -0.367. The molecule has 0 unspecified atom stereocenters. The van der Waals surface area contributed by atoms with Crippen LogP contribution in [0.2, 0.25) is 0 Å². The number of ether oxygens (including phenoxy) is 2. The van der Waals surface area contributed by atoms with Gasteiger partial charge >= 0.3 is 0 Å². The smallest absolute Gasteiger partial charge is 0.278 e. The van der Waals surface area contributed by atoms with Gasteiger partial charge in [-0.1, -0.05) is 36.4 Å². The van der Waals surface area contributed by atoms with Gasteiger partial charge in [0.05, 0.1) is 25.8 Å². The molecule has 0 fully saturated rings. The van der Waals surface area contributed by atoms with Crippen molar-refractivity contribution in [2.45, 2.75) is 0 Å². The Balaban J connectivity index is 2.01. The number of methoxy groups -OCH3 is 2. The van der Waals surface area contributed by atoms with Crippen LogP contribution in [0, 0.1) is 0 Å². The predicted octanol–water partition coefficient (Wildman–Crippen LogP) is 2.53. The summed E-state index contributed by atoms with van der Waals surface area (Å²) in [7, 11) is 3.11. The van der Waals surface area contributed by atoms with Gasteiger partial charge in [-0.05, 0) is 17.7 Å². The van der Waals surface area contributed by atoms with Crippen LogP contribution in [0.1, 0.15) is 5.56 Å². The summed E-state index contributed by atoms with van der Waals surface area (Å²) in [6.07, 6.45) is 0. The van der Waals surface area contributed by atoms with Gasteiger partial charge in [-0.15, -0.1) is 0 Å². The summed E-state index contributed by atoms with van der Waals surface area (Å²) in [6.45, 7) is 0.486. The molecule has 2 aromatic carbocycles. The second-order valence-electron chi connectivity index (χ2n) is 5.73. The van der Waals surface area contributed by atoms with Gasteiger partial charge in [-0.25, -0.2) is 0 Å². The number of nitrogens with one attached hydrogen (secondary N) is 1. The average molecular weight is 352 g/mol. The highest BCUT2D eigenvalue weighted by Crippen LogP contribution is 2.30. The first-order chi connectivity index (χ1) is 12.7. The highest BCUT2D eigenvalue weighted by molar-refractivity contribution is 6.36. The van der Waals surface area contributed by atoms with Gasteiger partial charge in [0.2, 0.25) is 0 Å². The number of anilines is 1. The van der Waals surface area contributed by atoms with Crippen molar-refractivity contribution in [3.63, 3.8) is 0 Å². The first kappa shape index (κ1) is 17.7. The van der Waals surface area contributed by atoms with E-state index >= 15 is 0 Å². The average Bonchev–Trinajstić information content (AvgIpc) is 2.90. The number of carbonyl (C=O) groups is 2. The van der Waals surface area contributed by atoms with Crippen LogP contribution in [0.4, 0.5) is 5.69 Å². The number of amides is 2. The molecule has 1 N–H and O–H groups in total. The van der Waals surface area contributed by atoms with E-state index in [0.717, 1.165) is 0 Å². The molecule has 2 amide bonds. The lowest BCUT2D eigenvalue weighted by atomic mass is 10.0. The summed E-state index contributed by atoms with van der Waals surface area (Å²) >= 11 is 0. The molecule has 0 atom stereocenters. The van der Waals surface area contributed by atoms with E-state index < -0.39 is 0 Å². The van der Waals surface area contributed by atoms with Crippen LogP contribution in [0.3, 0.4) is 0 Å². The van der Waals surface area contributed by atoms with E-state index in [1.54, 1.807) is 13.2 Å². The standard InChI is InChI=1S/C20H20N2O4/c1-25-12-11-22-19(23)17(14-7-4-3-5-8-14)18(20(22)24)21-15-9-6-10-16(13-15)26-2/h3-10,13,21H,11-12H2,1-2H3. The fourth-order valence-corrected chi connectivity index (χ4v) is 2.80. The quantitative estimate of drug-likeness (QED) is 0.776. The van der Waals surface area contributed by atoms with Crippen molar-refractivity contribution in [1.82, 2.24) is 4.90 Å². The molecule has 0 saturated carbocycles. The highest BCUT2D eigenvalue weighted by atomic mass is 16.5. The van der Waals surface area contributed by atoms with E-state index in [1.165, 1.54) is 12.0 Å². The van der Waals surface area contributed by atoms with E-state index in [0.29, 0.717) is 22.6 Å². The lowest BCUT2D eigenvalue weighted by molar-refractivity contribution is -0.137. The molecule has 0 aromatic heterocycles. The zero-order valence-electron chi connectivity index (χ0n) is 14.7. The Bertz CT molecular complexity index is 846. The van der Waals surface area contributed by atoms with Gasteiger partial charge in [0, 0.05) is 18.9 Å². The summed E-state index contributed by atoms with van der Waals surface area (Å²) in [4.78, 5) is 26.9. The molecule has 134 valence electrons. The van der Waals surface area contributed by atoms with Gasteiger partial charge in [-0.2, -0.15) is 0 Å². The third-order valence-corrected chi connectivity index (χ3v) is 4.09. The molecule has 0 radical (unpaired) electrons. The van der Waals surface area contributed by atoms with Crippen molar-refractivity contribution in [1.29, 1.82) is 0 Å². The number of rotatable bonds is 7. The van der Waals surface area contributed by atoms with Crippen molar-refractivity contribution < 1.29 is 19.1 Å². The zero-order valence-corrected chi connectivity index (χ0v) is 14.7. The van der Waals surface area contributed by atoms with Crippen LogP contribution in [0.15, 0.2) is 60.3 Å². The van der Waals surface area contributed by atoms with Crippen molar-refractivity contribution in [3.8, 4) is 5.75 Å². The van der Waals surface area contributed by atoms with Gasteiger partial charge in [-0.3, -0.25) is 14.5 Å². The summed E-state index contributed by atoms with van der Waals surface area (Å²) in [5.41, 5.74) is 1.97. The Kier molecular flexibility index (Phi) is 5.34. The number of hydrogen-bond donors (Lipinski definition) is 1. The molecule has 6 nitrogen and oxygen atoms in total. The van der Waals surface area contributed by atoms with Crippen LogP contribution < -0.4 is 10.1 Å². The van der Waals surface area contributed by atoms with E-state index in [1.807, 2.05) is 48.5 Å². The topological polar surface area (TPSA) is 67.9 Å². The minimum Gasteiger partial charge on any atom is -0.497 e. The van der Waals surface area contributed by atoms with Gasteiger partial charge in [0.15, 0.2) is 0 Å². The second-order valence-corrected chi connectivity index (χ2v) is 5.73. The van der Waals surface area contributed by atoms with Crippen LogP contribution >= 0.6 is 0 Å². The van der Waals surface area contributed by atoms with Crippen molar-refractivity contribution >= 4 is 23.1 Å². The van der Waals surface area contributed by atoms with E-state index in [9.17, 15) is 9.59 Å². The lowest BCUT2D eigenvalue weighted by Gasteiger charge is -2.14. The maximum Gasteiger partial charge on any atom is 0.278 e. The monoisotopic (exact) mass is 352 g/mol. The van der Waals surface area contributed by atoms with Crippen LogP contribution in [0.25, 0.3) is 5.57 Å². The van der Waals surface area contributed by atoms with Gasteiger partial charge < -0.3 is 14.8 Å². The largest absolute Gasteiger partial charge is 0.497 e. The van der Waals surface area contributed by atoms with Gasteiger partial charge in [0.25, 0.3) is 11.8 Å². The molecule has 1 aliphatic heterocycles. The van der Waals surface area contributed by atoms with E-state index in [2.05, 4.69) is 5.32 Å². The molecule has 26 heavy (non-hydrogen) atoms. The molecule has 1 heterocycles. The summed E-state index contributed by atoms with van der Waals surface area (Å²) < 4.78 is 10.2. The van der Waals surface area contributed by atoms with E-state index in [4.69, 9.17) is 9.47 Å². The molecular formula is C20H20N2O4. The molecular weight excluding hydrogens is 332 g/mol. The first-order valence-electron chi connectivity index (χ1n) is 8.21. The van der Waals surface area contributed by atoms with Crippen LogP contribution in [-0.2, 0) is 14.3 Å². The Labute approximate surface area is 152 Å². The fraction of sp³-hybridized carbons (Fsp3) is 0.200. The Hall–Kier alpha value is -3.12. The first-order valence-corrected chi connectivity index (χ1v) is 8.21. The highest BCUT2D eigenvalue weighted by Gasteiger charge is 2.38. The molecule has 0 spiro atoms. The number of hydrogen-bond acceptors (Lipinski definition) is 5.